The number of rotatable bonds is 6. The predicted molar refractivity (Wildman–Crippen MR) is 81.6 cm³/mol. The molecule has 0 aromatic heterocycles. The molecule has 0 amide bonds. The highest BCUT2D eigenvalue weighted by molar-refractivity contribution is 6.60. The number of likely N-dealkylation sites (tertiary alicyclic amines) is 1. The summed E-state index contributed by atoms with van der Waals surface area (Å²) in [6.07, 6.45) is 10.5. The van der Waals surface area contributed by atoms with E-state index in [1.165, 1.54) is 57.4 Å². The maximum Gasteiger partial charge on any atom is 0.0452 e. The molecule has 0 spiro atoms. The Morgan fingerprint density at radius 2 is 1.65 bits per heavy atom. The molecule has 0 aliphatic carbocycles. The first-order chi connectivity index (χ1) is 8.31. The van der Waals surface area contributed by atoms with Crippen molar-refractivity contribution in [2.75, 3.05) is 19.6 Å². The molecule has 1 rings (SSSR count). The Balaban J connectivity index is 2.51. The van der Waals surface area contributed by atoms with E-state index in [1.807, 2.05) is 0 Å². The minimum Gasteiger partial charge on any atom is -0.303 e. The third-order valence-electron chi connectivity index (χ3n) is 4.26. The van der Waals surface area contributed by atoms with E-state index < -0.39 is 8.80 Å². The zero-order valence-electron chi connectivity index (χ0n) is 12.1. The zero-order chi connectivity index (χ0) is 12.5. The molecule has 0 bridgehead atoms. The van der Waals surface area contributed by atoms with Gasteiger partial charge in [-0.25, -0.2) is 0 Å². The summed E-state index contributed by atoms with van der Waals surface area (Å²) in [5, 5.41) is 0. The zero-order valence-corrected chi connectivity index (χ0v) is 13.3. The first kappa shape index (κ1) is 15.0. The molecule has 0 N–H and O–H groups in total. The van der Waals surface area contributed by atoms with Crippen molar-refractivity contribution >= 4 is 8.80 Å². The van der Waals surface area contributed by atoms with Crippen LogP contribution in [-0.4, -0.2) is 33.3 Å². The first-order valence-electron chi connectivity index (χ1n) is 7.66. The van der Waals surface area contributed by atoms with Gasteiger partial charge in [0.15, 0.2) is 0 Å². The second kappa shape index (κ2) is 8.93. The first-order valence-corrected chi connectivity index (χ1v) is 9.96. The summed E-state index contributed by atoms with van der Waals surface area (Å²) in [6.45, 7) is 11.0. The molecule has 1 aliphatic heterocycles. The second-order valence-electron chi connectivity index (χ2n) is 5.48. The fourth-order valence-electron chi connectivity index (χ4n) is 3.13. The van der Waals surface area contributed by atoms with E-state index >= 15 is 0 Å². The summed E-state index contributed by atoms with van der Waals surface area (Å²) >= 11 is 0. The van der Waals surface area contributed by atoms with Gasteiger partial charge in [-0.3, -0.25) is 0 Å². The van der Waals surface area contributed by atoms with E-state index in [9.17, 15) is 0 Å². The monoisotopic (exact) mass is 253 g/mol. The van der Waals surface area contributed by atoms with Gasteiger partial charge in [-0.15, -0.1) is 0 Å². The smallest absolute Gasteiger partial charge is 0.0452 e. The summed E-state index contributed by atoms with van der Waals surface area (Å²) in [4.78, 5) is 2.74. The van der Waals surface area contributed by atoms with Crippen molar-refractivity contribution in [1.29, 1.82) is 0 Å². The lowest BCUT2D eigenvalue weighted by atomic mass is 10.2. The van der Waals surface area contributed by atoms with E-state index in [1.54, 1.807) is 0 Å². The summed E-state index contributed by atoms with van der Waals surface area (Å²) < 4.78 is 0. The molecule has 1 fully saturated rings. The molecule has 0 radical (unpaired) electrons. The number of hydrogen-bond acceptors (Lipinski definition) is 1. The molecular formula is C15H31NSi. The number of nitrogens with zero attached hydrogens (tertiary/aromatic N) is 1. The Morgan fingerprint density at radius 1 is 1.06 bits per heavy atom. The second-order valence-corrected chi connectivity index (χ2v) is 9.49. The largest absolute Gasteiger partial charge is 0.303 e. The molecular weight excluding hydrogens is 222 g/mol. The fourth-order valence-corrected chi connectivity index (χ4v) is 6.05. The quantitative estimate of drug-likeness (QED) is 0.509. The Labute approximate surface area is 110 Å². The topological polar surface area (TPSA) is 3.24 Å². The molecule has 1 saturated heterocycles. The van der Waals surface area contributed by atoms with Crippen LogP contribution in [0.3, 0.4) is 0 Å². The molecule has 100 valence electrons. The Kier molecular flexibility index (Phi) is 7.87. The van der Waals surface area contributed by atoms with Crippen molar-refractivity contribution in [3.8, 4) is 0 Å². The molecule has 0 saturated carbocycles. The van der Waals surface area contributed by atoms with Crippen LogP contribution in [0, 0.1) is 0 Å². The lowest BCUT2D eigenvalue weighted by Gasteiger charge is -2.28. The SMILES string of the molecule is CC=CC(CN1CCCCCC1)[SiH](CC)CC. The molecule has 17 heavy (non-hydrogen) atoms. The highest BCUT2D eigenvalue weighted by atomic mass is 28.3. The van der Waals surface area contributed by atoms with E-state index in [4.69, 9.17) is 0 Å². The van der Waals surface area contributed by atoms with Crippen molar-refractivity contribution in [2.45, 2.75) is 64.1 Å². The van der Waals surface area contributed by atoms with Gasteiger partial charge in [-0.1, -0.05) is 50.9 Å². The summed E-state index contributed by atoms with van der Waals surface area (Å²) in [6, 6.07) is 2.92. The van der Waals surface area contributed by atoms with Crippen molar-refractivity contribution in [2.24, 2.45) is 0 Å². The van der Waals surface area contributed by atoms with Gasteiger partial charge in [-0.05, 0) is 38.4 Å². The third kappa shape index (κ3) is 5.39. The average Bonchev–Trinajstić information content (AvgIpc) is 2.59. The Hall–Kier alpha value is -0.0831. The average molecular weight is 254 g/mol. The predicted octanol–water partition coefficient (Wildman–Crippen LogP) is 4.08. The lowest BCUT2D eigenvalue weighted by Crippen LogP contribution is -2.33. The van der Waals surface area contributed by atoms with Crippen LogP contribution in [0.15, 0.2) is 12.2 Å². The van der Waals surface area contributed by atoms with Gasteiger partial charge in [0.05, 0.1) is 0 Å². The molecule has 1 unspecified atom stereocenters. The van der Waals surface area contributed by atoms with Crippen LogP contribution in [0.25, 0.3) is 0 Å². The van der Waals surface area contributed by atoms with Gasteiger partial charge in [0, 0.05) is 15.3 Å². The van der Waals surface area contributed by atoms with Gasteiger partial charge >= 0.3 is 0 Å². The van der Waals surface area contributed by atoms with Gasteiger partial charge in [0.25, 0.3) is 0 Å². The molecule has 2 heteroatoms. The maximum atomic E-state index is 2.74. The van der Waals surface area contributed by atoms with Gasteiger partial charge < -0.3 is 4.90 Å². The minimum absolute atomic E-state index is 0.539. The minimum atomic E-state index is -0.539. The van der Waals surface area contributed by atoms with Crippen LogP contribution in [0.5, 0.6) is 0 Å². The standard InChI is InChI=1S/C15H31NSi/c1-4-11-15(17(5-2)6-3)14-16-12-9-7-8-10-13-16/h4,11,15,17H,5-10,12-14H2,1-3H3. The Morgan fingerprint density at radius 3 is 2.12 bits per heavy atom. The molecule has 0 aromatic rings. The van der Waals surface area contributed by atoms with Gasteiger partial charge in [0.1, 0.15) is 0 Å². The van der Waals surface area contributed by atoms with Crippen molar-refractivity contribution in [1.82, 2.24) is 4.90 Å². The Bertz CT molecular complexity index is 203. The van der Waals surface area contributed by atoms with Crippen LogP contribution in [0.2, 0.25) is 17.6 Å². The van der Waals surface area contributed by atoms with Crippen molar-refractivity contribution in [3.63, 3.8) is 0 Å². The number of allylic oxidation sites excluding steroid dienone is 1. The van der Waals surface area contributed by atoms with Crippen LogP contribution >= 0.6 is 0 Å². The van der Waals surface area contributed by atoms with Crippen LogP contribution in [-0.2, 0) is 0 Å². The van der Waals surface area contributed by atoms with E-state index in [0.29, 0.717) is 0 Å². The molecule has 1 atom stereocenters. The van der Waals surface area contributed by atoms with Crippen LogP contribution < -0.4 is 0 Å². The van der Waals surface area contributed by atoms with Crippen LogP contribution in [0.4, 0.5) is 0 Å². The van der Waals surface area contributed by atoms with E-state index in [2.05, 4.69) is 37.8 Å². The summed E-state index contributed by atoms with van der Waals surface area (Å²) in [7, 11) is -0.539. The molecule has 1 aliphatic rings. The third-order valence-corrected chi connectivity index (χ3v) is 8.00. The van der Waals surface area contributed by atoms with Crippen molar-refractivity contribution in [3.05, 3.63) is 12.2 Å². The summed E-state index contributed by atoms with van der Waals surface area (Å²) in [5.41, 5.74) is 0.910. The molecule has 1 nitrogen and oxygen atoms in total. The van der Waals surface area contributed by atoms with E-state index in [0.717, 1.165) is 5.54 Å². The van der Waals surface area contributed by atoms with Crippen molar-refractivity contribution < 1.29 is 0 Å². The molecule has 0 aromatic carbocycles. The summed E-state index contributed by atoms with van der Waals surface area (Å²) in [5.74, 6) is 0. The normalized spacial score (nSPS) is 20.9. The molecule has 1 heterocycles. The number of hydrogen-bond donors (Lipinski definition) is 0. The van der Waals surface area contributed by atoms with E-state index in [-0.39, 0.29) is 0 Å². The lowest BCUT2D eigenvalue weighted by molar-refractivity contribution is 0.289. The maximum absolute atomic E-state index is 2.74. The fraction of sp³-hybridized carbons (Fsp3) is 0.867. The highest BCUT2D eigenvalue weighted by Crippen LogP contribution is 2.22. The van der Waals surface area contributed by atoms with Gasteiger partial charge in [0.2, 0.25) is 0 Å². The van der Waals surface area contributed by atoms with Crippen LogP contribution in [0.1, 0.15) is 46.5 Å². The highest BCUT2D eigenvalue weighted by Gasteiger charge is 2.20. The van der Waals surface area contributed by atoms with Gasteiger partial charge in [-0.2, -0.15) is 0 Å².